The third-order valence-electron chi connectivity index (χ3n) is 4.45. The third kappa shape index (κ3) is 8.89. The average Bonchev–Trinajstić information content (AvgIpc) is 2.67. The van der Waals surface area contributed by atoms with Gasteiger partial charge in [-0.3, -0.25) is 0 Å². The summed E-state index contributed by atoms with van der Waals surface area (Å²) in [5, 5.41) is 15.2. The maximum Gasteiger partial charge on any atom is 0.191 e. The van der Waals surface area contributed by atoms with E-state index in [1.807, 2.05) is 13.0 Å². The molecule has 1 saturated carbocycles. The van der Waals surface area contributed by atoms with Crippen molar-refractivity contribution in [3.63, 3.8) is 0 Å². The van der Waals surface area contributed by atoms with Crippen LogP contribution in [0.5, 0.6) is 0 Å². The second-order valence-corrected chi connectivity index (χ2v) is 6.52. The minimum absolute atomic E-state index is 0. The van der Waals surface area contributed by atoms with Crippen LogP contribution >= 0.6 is 24.0 Å². The van der Waals surface area contributed by atoms with E-state index >= 15 is 0 Å². The molecule has 0 radical (unpaired) electrons. The van der Waals surface area contributed by atoms with E-state index in [4.69, 9.17) is 10.00 Å². The summed E-state index contributed by atoms with van der Waals surface area (Å²) in [5.74, 6) is 0.262. The first-order valence-corrected chi connectivity index (χ1v) is 9.55. The van der Waals surface area contributed by atoms with Crippen molar-refractivity contribution in [3.05, 3.63) is 35.1 Å². The van der Waals surface area contributed by atoms with E-state index in [0.717, 1.165) is 26.1 Å². The predicted octanol–water partition coefficient (Wildman–Crippen LogP) is 4.11. The Hall–Kier alpha value is -1.40. The highest BCUT2D eigenvalue weighted by Gasteiger charge is 2.13. The van der Waals surface area contributed by atoms with Crippen LogP contribution in [-0.2, 0) is 11.3 Å². The number of guanidine groups is 1. The van der Waals surface area contributed by atoms with Gasteiger partial charge in [0.05, 0.1) is 24.3 Å². The molecule has 0 amide bonds. The molecule has 7 heteroatoms. The fourth-order valence-corrected chi connectivity index (χ4v) is 3.01. The van der Waals surface area contributed by atoms with Crippen LogP contribution in [0.25, 0.3) is 0 Å². The Morgan fingerprint density at radius 3 is 2.74 bits per heavy atom. The fourth-order valence-electron chi connectivity index (χ4n) is 3.01. The van der Waals surface area contributed by atoms with Gasteiger partial charge in [-0.15, -0.1) is 24.0 Å². The van der Waals surface area contributed by atoms with Crippen molar-refractivity contribution in [2.75, 3.05) is 19.7 Å². The molecule has 0 heterocycles. The number of rotatable bonds is 8. The molecule has 1 aliphatic rings. The Kier molecular flexibility index (Phi) is 12.0. The number of aliphatic imine (C=N–C) groups is 1. The van der Waals surface area contributed by atoms with Gasteiger partial charge in [0, 0.05) is 25.3 Å². The highest BCUT2D eigenvalue weighted by atomic mass is 127. The van der Waals surface area contributed by atoms with Gasteiger partial charge >= 0.3 is 0 Å². The predicted molar refractivity (Wildman–Crippen MR) is 117 cm³/mol. The summed E-state index contributed by atoms with van der Waals surface area (Å²) in [6.45, 7) is 4.47. The van der Waals surface area contributed by atoms with E-state index in [0.29, 0.717) is 23.2 Å². The normalized spacial score (nSPS) is 14.9. The number of nitriles is 1. The minimum atomic E-state index is -0.399. The van der Waals surface area contributed by atoms with Crippen LogP contribution in [0, 0.1) is 17.1 Å². The summed E-state index contributed by atoms with van der Waals surface area (Å²) in [6.07, 6.45) is 7.63. The van der Waals surface area contributed by atoms with Crippen molar-refractivity contribution in [3.8, 4) is 6.07 Å². The number of nitrogens with zero attached hydrogens (tertiary/aromatic N) is 2. The molecule has 1 fully saturated rings. The molecular weight excluding hydrogens is 458 g/mol. The number of ether oxygens (including phenoxy) is 1. The molecule has 27 heavy (non-hydrogen) atoms. The maximum absolute atomic E-state index is 13.9. The topological polar surface area (TPSA) is 69.4 Å². The van der Waals surface area contributed by atoms with Gasteiger partial charge in [-0.25, -0.2) is 9.38 Å². The SMILES string of the molecule is CCNC(=NCc1ccc(C#N)cc1F)NCCCOC1CCCCC1.I. The Bertz CT molecular complexity index is 627. The number of hydrogen-bond acceptors (Lipinski definition) is 3. The molecular formula is C20H30FIN4O. The minimum Gasteiger partial charge on any atom is -0.378 e. The highest BCUT2D eigenvalue weighted by molar-refractivity contribution is 14.0. The second-order valence-electron chi connectivity index (χ2n) is 6.52. The summed E-state index contributed by atoms with van der Waals surface area (Å²) < 4.78 is 19.8. The van der Waals surface area contributed by atoms with Crippen LogP contribution < -0.4 is 10.6 Å². The first-order valence-electron chi connectivity index (χ1n) is 9.55. The highest BCUT2D eigenvalue weighted by Crippen LogP contribution is 2.20. The zero-order chi connectivity index (χ0) is 18.6. The van der Waals surface area contributed by atoms with Crippen LogP contribution in [0.3, 0.4) is 0 Å². The van der Waals surface area contributed by atoms with E-state index in [1.54, 1.807) is 12.1 Å². The van der Waals surface area contributed by atoms with E-state index in [9.17, 15) is 4.39 Å². The van der Waals surface area contributed by atoms with Crippen LogP contribution in [-0.4, -0.2) is 31.8 Å². The monoisotopic (exact) mass is 488 g/mol. The molecule has 150 valence electrons. The van der Waals surface area contributed by atoms with Crippen molar-refractivity contribution in [1.82, 2.24) is 10.6 Å². The van der Waals surface area contributed by atoms with E-state index in [1.165, 1.54) is 38.2 Å². The number of halogens is 2. The molecule has 2 rings (SSSR count). The molecule has 0 aliphatic heterocycles. The first kappa shape index (κ1) is 23.6. The van der Waals surface area contributed by atoms with Crippen molar-refractivity contribution in [1.29, 1.82) is 5.26 Å². The van der Waals surface area contributed by atoms with E-state index in [-0.39, 0.29) is 30.5 Å². The molecule has 0 unspecified atom stereocenters. The third-order valence-corrected chi connectivity index (χ3v) is 4.45. The Morgan fingerprint density at radius 2 is 2.07 bits per heavy atom. The number of hydrogen-bond donors (Lipinski definition) is 2. The van der Waals surface area contributed by atoms with Crippen molar-refractivity contribution in [2.24, 2.45) is 4.99 Å². The number of nitrogens with one attached hydrogen (secondary N) is 2. The Morgan fingerprint density at radius 1 is 1.30 bits per heavy atom. The molecule has 0 atom stereocenters. The zero-order valence-corrected chi connectivity index (χ0v) is 18.3. The summed E-state index contributed by atoms with van der Waals surface area (Å²) in [6, 6.07) is 6.39. The Labute approximate surface area is 178 Å². The zero-order valence-electron chi connectivity index (χ0n) is 16.0. The van der Waals surface area contributed by atoms with Crippen LogP contribution in [0.4, 0.5) is 4.39 Å². The first-order chi connectivity index (χ1) is 12.7. The summed E-state index contributed by atoms with van der Waals surface area (Å²) in [7, 11) is 0. The van der Waals surface area contributed by atoms with Gasteiger partial charge in [0.2, 0.25) is 0 Å². The standard InChI is InChI=1S/C20H29FN4O.HI/c1-2-23-20(24-11-6-12-26-18-7-4-3-5-8-18)25-15-17-10-9-16(14-22)13-19(17)21;/h9-10,13,18H,2-8,11-12,15H2,1H3,(H2,23,24,25);1H. The van der Waals surface area contributed by atoms with Gasteiger partial charge in [-0.2, -0.15) is 5.26 Å². The Balaban J connectivity index is 0.00000364. The molecule has 0 aromatic heterocycles. The lowest BCUT2D eigenvalue weighted by molar-refractivity contribution is 0.0277. The second kappa shape index (κ2) is 13.7. The molecule has 5 nitrogen and oxygen atoms in total. The molecule has 0 bridgehead atoms. The smallest absolute Gasteiger partial charge is 0.191 e. The van der Waals surface area contributed by atoms with Crippen molar-refractivity contribution < 1.29 is 9.13 Å². The average molecular weight is 488 g/mol. The van der Waals surface area contributed by atoms with Crippen molar-refractivity contribution in [2.45, 2.75) is 58.1 Å². The quantitative estimate of drug-likeness (QED) is 0.250. The molecule has 1 aromatic rings. The lowest BCUT2D eigenvalue weighted by Crippen LogP contribution is -2.38. The lowest BCUT2D eigenvalue weighted by Gasteiger charge is -2.22. The van der Waals surface area contributed by atoms with Gasteiger partial charge in [0.25, 0.3) is 0 Å². The van der Waals surface area contributed by atoms with Gasteiger partial charge < -0.3 is 15.4 Å². The van der Waals surface area contributed by atoms with E-state index < -0.39 is 5.82 Å². The molecule has 0 saturated heterocycles. The number of benzene rings is 1. The largest absolute Gasteiger partial charge is 0.378 e. The van der Waals surface area contributed by atoms with Crippen LogP contribution in [0.15, 0.2) is 23.2 Å². The molecule has 2 N–H and O–H groups in total. The summed E-state index contributed by atoms with van der Waals surface area (Å²) >= 11 is 0. The molecule has 1 aliphatic carbocycles. The van der Waals surface area contributed by atoms with Crippen LogP contribution in [0.1, 0.15) is 56.6 Å². The van der Waals surface area contributed by atoms with Gasteiger partial charge in [0.1, 0.15) is 5.82 Å². The summed E-state index contributed by atoms with van der Waals surface area (Å²) in [5.41, 5.74) is 0.792. The van der Waals surface area contributed by atoms with E-state index in [2.05, 4.69) is 15.6 Å². The van der Waals surface area contributed by atoms with Crippen molar-refractivity contribution >= 4 is 29.9 Å². The lowest BCUT2D eigenvalue weighted by atomic mass is 9.98. The van der Waals surface area contributed by atoms with Gasteiger partial charge in [-0.05, 0) is 38.3 Å². The van der Waals surface area contributed by atoms with Gasteiger partial charge in [0.15, 0.2) is 5.96 Å². The van der Waals surface area contributed by atoms with Gasteiger partial charge in [-0.1, -0.05) is 25.3 Å². The summed E-state index contributed by atoms with van der Waals surface area (Å²) in [4.78, 5) is 4.42. The maximum atomic E-state index is 13.9. The van der Waals surface area contributed by atoms with Crippen LogP contribution in [0.2, 0.25) is 0 Å². The fraction of sp³-hybridized carbons (Fsp3) is 0.600. The molecule has 1 aromatic carbocycles. The molecule has 0 spiro atoms.